The van der Waals surface area contributed by atoms with Crippen molar-refractivity contribution in [2.75, 3.05) is 25.0 Å². The summed E-state index contributed by atoms with van der Waals surface area (Å²) in [6, 6.07) is 10.3. The monoisotopic (exact) mass is 360 g/mol. The van der Waals surface area contributed by atoms with Gasteiger partial charge in [-0.2, -0.15) is 5.10 Å². The van der Waals surface area contributed by atoms with Crippen LogP contribution in [0.5, 0.6) is 0 Å². The first kappa shape index (κ1) is 17.3. The zero-order valence-electron chi connectivity index (χ0n) is 15.5. The first-order chi connectivity index (χ1) is 13.3. The quantitative estimate of drug-likeness (QED) is 0.724. The van der Waals surface area contributed by atoms with Crippen molar-refractivity contribution in [3.8, 4) is 5.69 Å². The molecule has 0 aliphatic carbocycles. The Morgan fingerprint density at radius 1 is 1.15 bits per heavy atom. The maximum absolute atomic E-state index is 5.77. The van der Waals surface area contributed by atoms with Gasteiger partial charge in [0.2, 0.25) is 0 Å². The predicted molar refractivity (Wildman–Crippen MR) is 112 cm³/mol. The Morgan fingerprint density at radius 3 is 2.78 bits per heavy atom. The van der Waals surface area contributed by atoms with E-state index in [1.807, 2.05) is 29.2 Å². The van der Waals surface area contributed by atoms with Crippen LogP contribution in [-0.2, 0) is 0 Å². The summed E-state index contributed by atoms with van der Waals surface area (Å²) < 4.78 is 1.96. The summed E-state index contributed by atoms with van der Waals surface area (Å²) in [6.45, 7) is 2.14. The number of pyridine rings is 1. The van der Waals surface area contributed by atoms with Gasteiger partial charge in [0, 0.05) is 55.8 Å². The molecule has 0 radical (unpaired) electrons. The zero-order valence-corrected chi connectivity index (χ0v) is 15.5. The predicted octanol–water partition coefficient (Wildman–Crippen LogP) is 3.41. The molecule has 0 bridgehead atoms. The number of benzene rings is 1. The molecule has 138 valence electrons. The Bertz CT molecular complexity index is 995. The summed E-state index contributed by atoms with van der Waals surface area (Å²) in [7, 11) is 1.74. The fourth-order valence-corrected chi connectivity index (χ4v) is 3.59. The molecule has 1 aliphatic rings. The second-order valence-electron chi connectivity index (χ2n) is 6.76. The highest BCUT2D eigenvalue weighted by molar-refractivity contribution is 6.10. The standard InChI is InChI=1S/C21H24N6/c1-23-14-18(13-22)16-5-6-17-15-25-27(20(17)11-16)19-7-8-24-21(12-19)26-9-3-2-4-10-26/h5-8,11-15H,2-4,9-10,22H2,1H3. The van der Waals surface area contributed by atoms with Gasteiger partial charge in [0.25, 0.3) is 0 Å². The lowest BCUT2D eigenvalue weighted by Gasteiger charge is -2.27. The fourth-order valence-electron chi connectivity index (χ4n) is 3.59. The molecule has 3 heterocycles. The van der Waals surface area contributed by atoms with Crippen LogP contribution in [0.3, 0.4) is 0 Å². The number of piperidine rings is 1. The number of nitrogens with zero attached hydrogens (tertiary/aromatic N) is 5. The van der Waals surface area contributed by atoms with Gasteiger partial charge >= 0.3 is 0 Å². The molecule has 2 aromatic heterocycles. The van der Waals surface area contributed by atoms with Gasteiger partial charge in [-0.3, -0.25) is 4.99 Å². The molecule has 0 spiro atoms. The summed E-state index contributed by atoms with van der Waals surface area (Å²) in [5, 5.41) is 5.69. The summed E-state index contributed by atoms with van der Waals surface area (Å²) in [4.78, 5) is 11.0. The molecule has 1 aromatic carbocycles. The molecule has 1 fully saturated rings. The summed E-state index contributed by atoms with van der Waals surface area (Å²) in [5.74, 6) is 1.02. The number of aliphatic imine (C=N–C) groups is 1. The SMILES string of the molecule is CN=CC(=CN)c1ccc2cnn(-c3ccnc(N4CCCCC4)c3)c2c1. The molecule has 6 nitrogen and oxygen atoms in total. The Kier molecular flexibility index (Phi) is 4.87. The number of anilines is 1. The number of nitrogens with two attached hydrogens (primary N) is 1. The Balaban J connectivity index is 1.75. The van der Waals surface area contributed by atoms with Crippen molar-refractivity contribution in [3.05, 3.63) is 54.5 Å². The maximum Gasteiger partial charge on any atom is 0.130 e. The van der Waals surface area contributed by atoms with Crippen LogP contribution in [-0.4, -0.2) is 41.1 Å². The van der Waals surface area contributed by atoms with Crippen molar-refractivity contribution in [3.63, 3.8) is 0 Å². The lowest BCUT2D eigenvalue weighted by atomic mass is 10.1. The van der Waals surface area contributed by atoms with Crippen LogP contribution in [0, 0.1) is 0 Å². The van der Waals surface area contributed by atoms with E-state index >= 15 is 0 Å². The van der Waals surface area contributed by atoms with Crippen LogP contribution in [0.1, 0.15) is 24.8 Å². The second-order valence-corrected chi connectivity index (χ2v) is 6.76. The minimum atomic E-state index is 0.885. The third-order valence-electron chi connectivity index (χ3n) is 5.01. The number of hydrogen-bond acceptors (Lipinski definition) is 5. The van der Waals surface area contributed by atoms with E-state index in [4.69, 9.17) is 5.73 Å². The van der Waals surface area contributed by atoms with Crippen LogP contribution in [0.4, 0.5) is 5.82 Å². The number of hydrogen-bond donors (Lipinski definition) is 1. The van der Waals surface area contributed by atoms with E-state index in [1.165, 1.54) is 19.3 Å². The van der Waals surface area contributed by atoms with E-state index in [2.05, 4.69) is 38.2 Å². The van der Waals surface area contributed by atoms with E-state index in [0.29, 0.717) is 0 Å². The Labute approximate surface area is 159 Å². The van der Waals surface area contributed by atoms with Crippen LogP contribution in [0.25, 0.3) is 22.2 Å². The van der Waals surface area contributed by atoms with Crippen LogP contribution < -0.4 is 10.6 Å². The van der Waals surface area contributed by atoms with Crippen LogP contribution in [0.2, 0.25) is 0 Å². The molecule has 0 unspecified atom stereocenters. The summed E-state index contributed by atoms with van der Waals surface area (Å²) in [5.41, 5.74) is 9.72. The fraction of sp³-hybridized carbons (Fsp3) is 0.286. The normalized spacial score (nSPS) is 15.7. The first-order valence-electron chi connectivity index (χ1n) is 9.34. The van der Waals surface area contributed by atoms with Gasteiger partial charge < -0.3 is 10.6 Å². The largest absolute Gasteiger partial charge is 0.404 e. The van der Waals surface area contributed by atoms with E-state index in [1.54, 1.807) is 19.5 Å². The average molecular weight is 360 g/mol. The first-order valence-corrected chi connectivity index (χ1v) is 9.34. The third-order valence-corrected chi connectivity index (χ3v) is 5.01. The van der Waals surface area contributed by atoms with Gasteiger partial charge in [-0.05, 0) is 37.0 Å². The van der Waals surface area contributed by atoms with E-state index < -0.39 is 0 Å². The van der Waals surface area contributed by atoms with Gasteiger partial charge in [0.05, 0.1) is 17.4 Å². The van der Waals surface area contributed by atoms with Gasteiger partial charge in [-0.25, -0.2) is 9.67 Å². The van der Waals surface area contributed by atoms with Gasteiger partial charge in [-0.15, -0.1) is 0 Å². The van der Waals surface area contributed by atoms with Crippen molar-refractivity contribution >= 4 is 28.5 Å². The lowest BCUT2D eigenvalue weighted by molar-refractivity contribution is 0.573. The molecule has 0 atom stereocenters. The zero-order chi connectivity index (χ0) is 18.6. The minimum Gasteiger partial charge on any atom is -0.404 e. The highest BCUT2D eigenvalue weighted by Crippen LogP contribution is 2.25. The molecule has 1 saturated heterocycles. The molecule has 1 aliphatic heterocycles. The number of rotatable bonds is 4. The molecule has 2 N–H and O–H groups in total. The van der Waals surface area contributed by atoms with E-state index in [9.17, 15) is 0 Å². The van der Waals surface area contributed by atoms with Crippen molar-refractivity contribution < 1.29 is 0 Å². The summed E-state index contributed by atoms with van der Waals surface area (Å²) >= 11 is 0. The molecular weight excluding hydrogens is 336 g/mol. The van der Waals surface area contributed by atoms with Gasteiger partial charge in [0.15, 0.2) is 0 Å². The van der Waals surface area contributed by atoms with Crippen molar-refractivity contribution in [2.45, 2.75) is 19.3 Å². The van der Waals surface area contributed by atoms with Gasteiger partial charge in [0.1, 0.15) is 5.82 Å². The summed E-state index contributed by atoms with van der Waals surface area (Å²) in [6.07, 6.45) is 10.9. The van der Waals surface area contributed by atoms with Crippen LogP contribution in [0.15, 0.2) is 53.9 Å². The second kappa shape index (κ2) is 7.61. The van der Waals surface area contributed by atoms with Crippen molar-refractivity contribution in [1.29, 1.82) is 0 Å². The topological polar surface area (TPSA) is 72.3 Å². The third kappa shape index (κ3) is 3.43. The number of aromatic nitrogens is 3. The molecule has 0 saturated carbocycles. The molecule has 27 heavy (non-hydrogen) atoms. The smallest absolute Gasteiger partial charge is 0.130 e. The maximum atomic E-state index is 5.77. The highest BCUT2D eigenvalue weighted by Gasteiger charge is 2.14. The number of fused-ring (bicyclic) bond motifs is 1. The lowest BCUT2D eigenvalue weighted by Crippen LogP contribution is -2.30. The average Bonchev–Trinajstić information content (AvgIpc) is 3.16. The van der Waals surface area contributed by atoms with E-state index in [-0.39, 0.29) is 0 Å². The van der Waals surface area contributed by atoms with Crippen LogP contribution >= 0.6 is 0 Å². The molecule has 6 heteroatoms. The Morgan fingerprint density at radius 2 is 2.00 bits per heavy atom. The number of allylic oxidation sites excluding steroid dienone is 1. The van der Waals surface area contributed by atoms with Crippen molar-refractivity contribution in [1.82, 2.24) is 14.8 Å². The molecular formula is C21H24N6. The Hall–Kier alpha value is -3.15. The van der Waals surface area contributed by atoms with Crippen molar-refractivity contribution in [2.24, 2.45) is 10.7 Å². The highest BCUT2D eigenvalue weighted by atomic mass is 15.3. The molecule has 3 aromatic rings. The van der Waals surface area contributed by atoms with Gasteiger partial charge in [-0.1, -0.05) is 12.1 Å². The molecule has 0 amide bonds. The van der Waals surface area contributed by atoms with E-state index in [0.717, 1.165) is 46.6 Å². The molecule has 4 rings (SSSR count). The minimum absolute atomic E-state index is 0.885.